The second-order valence-electron chi connectivity index (χ2n) is 3.42. The van der Waals surface area contributed by atoms with Crippen LogP contribution in [0.3, 0.4) is 0 Å². The highest BCUT2D eigenvalue weighted by Gasteiger charge is 2.12. The lowest BCUT2D eigenvalue weighted by Crippen LogP contribution is -2.14. The van der Waals surface area contributed by atoms with Crippen molar-refractivity contribution in [3.8, 4) is 0 Å². The van der Waals surface area contributed by atoms with Gasteiger partial charge in [-0.25, -0.2) is 9.37 Å². The second kappa shape index (κ2) is 5.22. The third-order valence-corrected chi connectivity index (χ3v) is 2.82. The van der Waals surface area contributed by atoms with Crippen molar-refractivity contribution in [1.82, 2.24) is 4.98 Å². The Morgan fingerprint density at radius 2 is 2.06 bits per heavy atom. The first-order chi connectivity index (χ1) is 8.58. The van der Waals surface area contributed by atoms with E-state index < -0.39 is 17.7 Å². The minimum absolute atomic E-state index is 0.194. The van der Waals surface area contributed by atoms with Crippen LogP contribution in [0.4, 0.5) is 14.5 Å². The fraction of sp³-hybridized carbons (Fsp3) is 0. The summed E-state index contributed by atoms with van der Waals surface area (Å²) in [4.78, 5) is 15.1. The standard InChI is InChI=1S/C12H7BrF2N2O/c13-9-4-3-7(6-10(9)14)17-12(18)8-2-1-5-16-11(8)15/h1-6H,(H,17,18). The van der Waals surface area contributed by atoms with E-state index in [4.69, 9.17) is 0 Å². The number of anilines is 1. The largest absolute Gasteiger partial charge is 0.322 e. The maximum atomic E-state index is 13.2. The molecular formula is C12H7BrF2N2O. The molecule has 0 atom stereocenters. The maximum Gasteiger partial charge on any atom is 0.260 e. The average molecular weight is 313 g/mol. The highest BCUT2D eigenvalue weighted by Crippen LogP contribution is 2.20. The van der Waals surface area contributed by atoms with Gasteiger partial charge in [0.1, 0.15) is 5.82 Å². The van der Waals surface area contributed by atoms with E-state index in [0.29, 0.717) is 0 Å². The van der Waals surface area contributed by atoms with Crippen molar-refractivity contribution in [2.45, 2.75) is 0 Å². The predicted molar refractivity (Wildman–Crippen MR) is 66.2 cm³/mol. The summed E-state index contributed by atoms with van der Waals surface area (Å²) in [6.45, 7) is 0. The van der Waals surface area contributed by atoms with Crippen molar-refractivity contribution in [2.24, 2.45) is 0 Å². The van der Waals surface area contributed by atoms with Gasteiger partial charge in [0, 0.05) is 11.9 Å². The molecular weight excluding hydrogens is 306 g/mol. The number of rotatable bonds is 2. The van der Waals surface area contributed by atoms with E-state index in [1.807, 2.05) is 0 Å². The summed E-state index contributed by atoms with van der Waals surface area (Å²) in [5.74, 6) is -2.06. The topological polar surface area (TPSA) is 42.0 Å². The zero-order valence-electron chi connectivity index (χ0n) is 8.95. The molecule has 1 N–H and O–H groups in total. The number of halogens is 3. The molecule has 0 saturated heterocycles. The van der Waals surface area contributed by atoms with E-state index in [0.717, 1.165) is 6.07 Å². The number of pyridine rings is 1. The summed E-state index contributed by atoms with van der Waals surface area (Å²) < 4.78 is 26.7. The molecule has 0 aliphatic heterocycles. The Morgan fingerprint density at radius 1 is 1.28 bits per heavy atom. The molecule has 1 aromatic heterocycles. The highest BCUT2D eigenvalue weighted by molar-refractivity contribution is 9.10. The lowest BCUT2D eigenvalue weighted by molar-refractivity contribution is 0.102. The Labute approximate surface area is 110 Å². The van der Waals surface area contributed by atoms with Crippen molar-refractivity contribution >= 4 is 27.5 Å². The number of amides is 1. The molecule has 2 aromatic rings. The Balaban J connectivity index is 2.22. The van der Waals surface area contributed by atoms with Crippen LogP contribution in [0.2, 0.25) is 0 Å². The van der Waals surface area contributed by atoms with Gasteiger partial charge in [-0.1, -0.05) is 0 Å². The van der Waals surface area contributed by atoms with Gasteiger partial charge in [-0.3, -0.25) is 4.79 Å². The van der Waals surface area contributed by atoms with Crippen molar-refractivity contribution < 1.29 is 13.6 Å². The number of benzene rings is 1. The highest BCUT2D eigenvalue weighted by atomic mass is 79.9. The zero-order valence-corrected chi connectivity index (χ0v) is 10.5. The number of hydrogen-bond acceptors (Lipinski definition) is 2. The third-order valence-electron chi connectivity index (χ3n) is 2.18. The lowest BCUT2D eigenvalue weighted by atomic mass is 10.2. The third kappa shape index (κ3) is 2.70. The van der Waals surface area contributed by atoms with Crippen LogP contribution in [0.1, 0.15) is 10.4 Å². The Bertz CT molecular complexity index is 604. The van der Waals surface area contributed by atoms with Crippen LogP contribution in [0.15, 0.2) is 41.0 Å². The number of carbonyl (C=O) groups is 1. The molecule has 0 aliphatic carbocycles. The van der Waals surface area contributed by atoms with Crippen LogP contribution in [0.25, 0.3) is 0 Å². The quantitative estimate of drug-likeness (QED) is 0.864. The first-order valence-corrected chi connectivity index (χ1v) is 5.74. The molecule has 0 unspecified atom stereocenters. The van der Waals surface area contributed by atoms with Gasteiger partial charge in [-0.15, -0.1) is 0 Å². The number of aromatic nitrogens is 1. The molecule has 1 heterocycles. The van der Waals surface area contributed by atoms with Crippen LogP contribution >= 0.6 is 15.9 Å². The lowest BCUT2D eigenvalue weighted by Gasteiger charge is -2.06. The SMILES string of the molecule is O=C(Nc1ccc(Br)c(F)c1)c1cccnc1F. The van der Waals surface area contributed by atoms with Crippen LogP contribution < -0.4 is 5.32 Å². The van der Waals surface area contributed by atoms with Gasteiger partial charge in [-0.05, 0) is 46.3 Å². The average Bonchev–Trinajstić information content (AvgIpc) is 2.34. The minimum atomic E-state index is -0.868. The maximum absolute atomic E-state index is 13.2. The molecule has 1 aromatic carbocycles. The van der Waals surface area contributed by atoms with Crippen LogP contribution in [-0.2, 0) is 0 Å². The predicted octanol–water partition coefficient (Wildman–Crippen LogP) is 3.37. The van der Waals surface area contributed by atoms with Crippen LogP contribution in [0, 0.1) is 11.8 Å². The first-order valence-electron chi connectivity index (χ1n) is 4.95. The molecule has 0 bridgehead atoms. The van der Waals surface area contributed by atoms with Gasteiger partial charge in [0.15, 0.2) is 0 Å². The molecule has 0 radical (unpaired) electrons. The molecule has 6 heteroatoms. The second-order valence-corrected chi connectivity index (χ2v) is 4.28. The van der Waals surface area contributed by atoms with E-state index in [-0.39, 0.29) is 15.7 Å². The number of carbonyl (C=O) groups excluding carboxylic acids is 1. The molecule has 0 saturated carbocycles. The molecule has 18 heavy (non-hydrogen) atoms. The van der Waals surface area contributed by atoms with Gasteiger partial charge >= 0.3 is 0 Å². The Morgan fingerprint density at radius 3 is 2.72 bits per heavy atom. The molecule has 0 aliphatic rings. The molecule has 2 rings (SSSR count). The summed E-state index contributed by atoms with van der Waals surface area (Å²) >= 11 is 2.99. The van der Waals surface area contributed by atoms with E-state index in [1.165, 1.54) is 30.5 Å². The van der Waals surface area contributed by atoms with E-state index in [1.54, 1.807) is 0 Å². The molecule has 1 amide bonds. The number of nitrogens with zero attached hydrogens (tertiary/aromatic N) is 1. The molecule has 0 fully saturated rings. The molecule has 92 valence electrons. The summed E-state index contributed by atoms with van der Waals surface area (Å²) in [5, 5.41) is 2.39. The van der Waals surface area contributed by atoms with Crippen LogP contribution in [0.5, 0.6) is 0 Å². The molecule has 3 nitrogen and oxygen atoms in total. The summed E-state index contributed by atoms with van der Waals surface area (Å²) in [6.07, 6.45) is 1.24. The Kier molecular flexibility index (Phi) is 3.66. The van der Waals surface area contributed by atoms with Crippen molar-refractivity contribution in [3.63, 3.8) is 0 Å². The summed E-state index contributed by atoms with van der Waals surface area (Å²) in [5.41, 5.74) is 0.0461. The van der Waals surface area contributed by atoms with Gasteiger partial charge in [0.2, 0.25) is 5.95 Å². The van der Waals surface area contributed by atoms with Crippen LogP contribution in [-0.4, -0.2) is 10.9 Å². The van der Waals surface area contributed by atoms with Crippen molar-refractivity contribution in [1.29, 1.82) is 0 Å². The zero-order chi connectivity index (χ0) is 13.1. The molecule has 0 spiro atoms. The van der Waals surface area contributed by atoms with E-state index in [9.17, 15) is 13.6 Å². The smallest absolute Gasteiger partial charge is 0.260 e. The Hall–Kier alpha value is -1.82. The minimum Gasteiger partial charge on any atom is -0.322 e. The summed E-state index contributed by atoms with van der Waals surface area (Å²) in [6, 6.07) is 6.83. The van der Waals surface area contributed by atoms with Crippen molar-refractivity contribution in [2.75, 3.05) is 5.32 Å². The van der Waals surface area contributed by atoms with Gasteiger partial charge < -0.3 is 5.32 Å². The van der Waals surface area contributed by atoms with E-state index in [2.05, 4.69) is 26.2 Å². The van der Waals surface area contributed by atoms with Crippen molar-refractivity contribution in [3.05, 3.63) is 58.3 Å². The first kappa shape index (κ1) is 12.6. The normalized spacial score (nSPS) is 10.2. The van der Waals surface area contributed by atoms with Gasteiger partial charge in [0.25, 0.3) is 5.91 Å². The monoisotopic (exact) mass is 312 g/mol. The fourth-order valence-corrected chi connectivity index (χ4v) is 1.57. The van der Waals surface area contributed by atoms with Gasteiger partial charge in [-0.2, -0.15) is 4.39 Å². The summed E-state index contributed by atoms with van der Waals surface area (Å²) in [7, 11) is 0. The number of hydrogen-bond donors (Lipinski definition) is 1. The number of nitrogens with one attached hydrogen (secondary N) is 1. The fourth-order valence-electron chi connectivity index (χ4n) is 1.33. The van der Waals surface area contributed by atoms with Gasteiger partial charge in [0.05, 0.1) is 10.0 Å². The van der Waals surface area contributed by atoms with E-state index >= 15 is 0 Å².